The van der Waals surface area contributed by atoms with Gasteiger partial charge >= 0.3 is 6.09 Å². The summed E-state index contributed by atoms with van der Waals surface area (Å²) in [5.74, 6) is 0. The predicted octanol–water partition coefficient (Wildman–Crippen LogP) is 2.74. The van der Waals surface area contributed by atoms with E-state index in [-0.39, 0.29) is 44.9 Å². The molecule has 0 aliphatic carbocycles. The maximum atomic E-state index is 11.8. The van der Waals surface area contributed by atoms with E-state index in [9.17, 15) is 4.79 Å². The summed E-state index contributed by atoms with van der Waals surface area (Å²) >= 11 is 0. The number of benzene rings is 2. The summed E-state index contributed by atoms with van der Waals surface area (Å²) in [4.78, 5) is 13.5. The van der Waals surface area contributed by atoms with Gasteiger partial charge in [-0.15, -0.1) is 29.3 Å². The fourth-order valence-corrected chi connectivity index (χ4v) is 2.52. The second-order valence-corrected chi connectivity index (χ2v) is 5.13. The monoisotopic (exact) mass is 370 g/mol. The zero-order valence-corrected chi connectivity index (χ0v) is 15.3. The molecule has 1 saturated heterocycles. The maximum Gasteiger partial charge on any atom is 0.406 e. The van der Waals surface area contributed by atoms with Crippen molar-refractivity contribution in [3.8, 4) is 11.1 Å². The smallest absolute Gasteiger partial charge is 0.406 e. The van der Waals surface area contributed by atoms with Gasteiger partial charge in [-0.3, -0.25) is 0 Å². The molecule has 2 aromatic rings. The average Bonchev–Trinajstić information content (AvgIpc) is 2.89. The molecule has 111 valence electrons. The molecule has 5 heteroatoms. The first kappa shape index (κ1) is 17.1. The molecule has 4 nitrogen and oxygen atoms in total. The van der Waals surface area contributed by atoms with Crippen molar-refractivity contribution in [2.45, 2.75) is 13.0 Å². The summed E-state index contributed by atoms with van der Waals surface area (Å²) in [6.45, 7) is 2.85. The molecule has 0 unspecified atom stereocenters. The van der Waals surface area contributed by atoms with E-state index < -0.39 is 0 Å². The topological polar surface area (TPSA) is 55.6 Å². The normalized spacial score (nSPS) is 17.1. The van der Waals surface area contributed by atoms with Gasteiger partial charge in [-0.25, -0.2) is 4.79 Å². The van der Waals surface area contributed by atoms with Crippen molar-refractivity contribution in [3.05, 3.63) is 54.1 Å². The number of cyclic esters (lactones) is 1. The Kier molecular flexibility index (Phi) is 5.73. The Balaban J connectivity index is 0.00000176. The van der Waals surface area contributed by atoms with Gasteiger partial charge < -0.3 is 15.4 Å². The Hall–Kier alpha value is -1.23. The number of hydrogen-bond donors (Lipinski definition) is 1. The minimum Gasteiger partial charge on any atom is -0.443 e. The molecule has 1 atom stereocenters. The van der Waals surface area contributed by atoms with Crippen LogP contribution in [-0.4, -0.2) is 25.3 Å². The van der Waals surface area contributed by atoms with Gasteiger partial charge in [-0.2, -0.15) is 0 Å². The SMILES string of the molecule is Cc1cc(N2C[C@H](CN)OC2=O)c[c-]c1-c1ccccc1.[Y]. The molecule has 22 heavy (non-hydrogen) atoms. The number of amides is 1. The van der Waals surface area contributed by atoms with Gasteiger partial charge in [0.05, 0.1) is 6.54 Å². The number of rotatable bonds is 3. The summed E-state index contributed by atoms with van der Waals surface area (Å²) in [5.41, 5.74) is 9.59. The summed E-state index contributed by atoms with van der Waals surface area (Å²) in [7, 11) is 0. The molecule has 0 aromatic heterocycles. The third-order valence-electron chi connectivity index (χ3n) is 3.63. The second kappa shape index (κ2) is 7.36. The number of hydrogen-bond acceptors (Lipinski definition) is 3. The number of nitrogens with zero attached hydrogens (tertiary/aromatic N) is 1. The van der Waals surface area contributed by atoms with Crippen molar-refractivity contribution >= 4 is 11.8 Å². The molecule has 0 bridgehead atoms. The van der Waals surface area contributed by atoms with Crippen LogP contribution in [0.3, 0.4) is 0 Å². The van der Waals surface area contributed by atoms with E-state index in [0.29, 0.717) is 13.1 Å². The van der Waals surface area contributed by atoms with E-state index in [1.165, 1.54) is 0 Å². The van der Waals surface area contributed by atoms with Crippen LogP contribution in [0.15, 0.2) is 42.5 Å². The van der Waals surface area contributed by atoms with Crippen LogP contribution in [0, 0.1) is 13.0 Å². The first-order chi connectivity index (χ1) is 10.2. The number of aryl methyl sites for hydroxylation is 1. The average molecular weight is 370 g/mol. The van der Waals surface area contributed by atoms with Crippen LogP contribution in [0.25, 0.3) is 11.1 Å². The Morgan fingerprint density at radius 2 is 2.09 bits per heavy atom. The standard InChI is InChI=1S/C17H17N2O2.Y/c1-12-9-14(19-11-15(10-18)21-17(19)20)7-8-16(12)13-5-3-2-4-6-13;/h2-7,9,15H,10-11,18H2,1H3;/q-1;/t15-;/m0./s1. The van der Waals surface area contributed by atoms with Crippen LogP contribution in [0.2, 0.25) is 0 Å². The van der Waals surface area contributed by atoms with Crippen molar-refractivity contribution < 1.29 is 42.2 Å². The molecule has 0 saturated carbocycles. The zero-order chi connectivity index (χ0) is 14.8. The Morgan fingerprint density at radius 1 is 1.36 bits per heavy atom. The van der Waals surface area contributed by atoms with Gasteiger partial charge in [-0.05, 0) is 5.69 Å². The molecule has 1 amide bonds. The summed E-state index contributed by atoms with van der Waals surface area (Å²) in [6, 6.07) is 17.2. The van der Waals surface area contributed by atoms with E-state index in [1.807, 2.05) is 49.4 Å². The molecule has 1 aliphatic rings. The van der Waals surface area contributed by atoms with Crippen molar-refractivity contribution in [1.29, 1.82) is 0 Å². The molecule has 0 spiro atoms. The van der Waals surface area contributed by atoms with E-state index in [1.54, 1.807) is 4.90 Å². The molecule has 1 radical (unpaired) electrons. The second-order valence-electron chi connectivity index (χ2n) is 5.13. The van der Waals surface area contributed by atoms with Crippen molar-refractivity contribution in [1.82, 2.24) is 0 Å². The van der Waals surface area contributed by atoms with Gasteiger partial charge in [0, 0.05) is 39.3 Å². The van der Waals surface area contributed by atoms with Crippen LogP contribution < -0.4 is 10.6 Å². The van der Waals surface area contributed by atoms with Gasteiger partial charge in [0.15, 0.2) is 0 Å². The third-order valence-corrected chi connectivity index (χ3v) is 3.63. The molecule has 1 aliphatic heterocycles. The largest absolute Gasteiger partial charge is 0.443 e. The van der Waals surface area contributed by atoms with Crippen molar-refractivity contribution in [2.24, 2.45) is 5.73 Å². The molecule has 2 N–H and O–H groups in total. The quantitative estimate of drug-likeness (QED) is 0.846. The summed E-state index contributed by atoms with van der Waals surface area (Å²) in [6.07, 6.45) is -0.572. The Bertz CT molecular complexity index is 661. The van der Waals surface area contributed by atoms with E-state index in [4.69, 9.17) is 10.5 Å². The predicted molar refractivity (Wildman–Crippen MR) is 82.1 cm³/mol. The van der Waals surface area contributed by atoms with Crippen LogP contribution in [0.4, 0.5) is 10.5 Å². The summed E-state index contributed by atoms with van der Waals surface area (Å²) in [5, 5.41) is 0. The van der Waals surface area contributed by atoms with Gasteiger partial charge in [0.1, 0.15) is 6.10 Å². The zero-order valence-electron chi connectivity index (χ0n) is 12.5. The Morgan fingerprint density at radius 3 is 2.68 bits per heavy atom. The maximum absolute atomic E-state index is 11.8. The number of anilines is 1. The molecule has 1 fully saturated rings. The molecular formula is C17H17N2O2Y-. The van der Waals surface area contributed by atoms with Gasteiger partial charge in [-0.1, -0.05) is 42.8 Å². The molecular weight excluding hydrogens is 353 g/mol. The van der Waals surface area contributed by atoms with E-state index in [0.717, 1.165) is 22.4 Å². The number of carbonyl (C=O) groups excluding carboxylic acids is 1. The Labute approximate surface area is 155 Å². The van der Waals surface area contributed by atoms with E-state index >= 15 is 0 Å². The minimum absolute atomic E-state index is 0. The number of nitrogens with two attached hydrogens (primary N) is 1. The minimum atomic E-state index is -0.342. The van der Waals surface area contributed by atoms with Crippen molar-refractivity contribution in [2.75, 3.05) is 18.0 Å². The van der Waals surface area contributed by atoms with Crippen LogP contribution in [0.5, 0.6) is 0 Å². The van der Waals surface area contributed by atoms with Crippen molar-refractivity contribution in [3.63, 3.8) is 0 Å². The third kappa shape index (κ3) is 3.40. The number of ether oxygens (including phenoxy) is 1. The number of carbonyl (C=O) groups is 1. The van der Waals surface area contributed by atoms with Crippen LogP contribution in [0.1, 0.15) is 5.56 Å². The first-order valence-corrected chi connectivity index (χ1v) is 6.95. The van der Waals surface area contributed by atoms with Crippen LogP contribution in [-0.2, 0) is 37.4 Å². The fourth-order valence-electron chi connectivity index (χ4n) is 2.52. The fraction of sp³-hybridized carbons (Fsp3) is 0.235. The molecule has 1 heterocycles. The molecule has 2 aromatic carbocycles. The first-order valence-electron chi connectivity index (χ1n) is 6.95. The van der Waals surface area contributed by atoms with Gasteiger partial charge in [0.25, 0.3) is 0 Å². The van der Waals surface area contributed by atoms with Gasteiger partial charge in [0.2, 0.25) is 0 Å². The molecule has 3 rings (SSSR count). The van der Waals surface area contributed by atoms with Crippen LogP contribution >= 0.6 is 0 Å². The summed E-state index contributed by atoms with van der Waals surface area (Å²) < 4.78 is 5.18. The van der Waals surface area contributed by atoms with E-state index in [2.05, 4.69) is 6.07 Å².